The van der Waals surface area contributed by atoms with Gasteiger partial charge in [-0.05, 0) is 33.6 Å². The molecule has 0 aliphatic carbocycles. The van der Waals surface area contributed by atoms with Crippen LogP contribution in [0.25, 0.3) is 0 Å². The summed E-state index contributed by atoms with van der Waals surface area (Å²) < 4.78 is 10.1. The molecule has 0 N–H and O–H groups in total. The summed E-state index contributed by atoms with van der Waals surface area (Å²) in [6.07, 6.45) is 1.14. The van der Waals surface area contributed by atoms with Crippen LogP contribution in [-0.2, 0) is 28.7 Å². The molecule has 1 fully saturated rings. The van der Waals surface area contributed by atoms with Gasteiger partial charge in [0.05, 0.1) is 7.11 Å². The Balaban J connectivity index is 3.00. The Morgan fingerprint density at radius 2 is 1.80 bits per heavy atom. The van der Waals surface area contributed by atoms with Gasteiger partial charge in [0.15, 0.2) is 5.12 Å². The number of hydrogen-bond donors (Lipinski definition) is 0. The molecule has 25 heavy (non-hydrogen) atoms. The monoisotopic (exact) mass is 373 g/mol. The van der Waals surface area contributed by atoms with Gasteiger partial charge in [-0.15, -0.1) is 0 Å². The first-order chi connectivity index (χ1) is 11.5. The van der Waals surface area contributed by atoms with Gasteiger partial charge in [-0.1, -0.05) is 18.7 Å². The fourth-order valence-electron chi connectivity index (χ4n) is 2.77. The van der Waals surface area contributed by atoms with Crippen molar-refractivity contribution in [3.05, 3.63) is 0 Å². The fourth-order valence-corrected chi connectivity index (χ4v) is 3.66. The molecule has 7 nitrogen and oxygen atoms in total. The Hall–Kier alpha value is -1.57. The minimum absolute atomic E-state index is 0.195. The number of likely N-dealkylation sites (tertiary alicyclic amines) is 1. The van der Waals surface area contributed by atoms with Gasteiger partial charge in [-0.2, -0.15) is 0 Å². The zero-order chi connectivity index (χ0) is 19.4. The highest BCUT2D eigenvalue weighted by Gasteiger charge is 2.44. The van der Waals surface area contributed by atoms with E-state index in [-0.39, 0.29) is 5.12 Å². The molecule has 2 unspecified atom stereocenters. The lowest BCUT2D eigenvalue weighted by atomic mass is 10.0. The number of carbonyl (C=O) groups is 4. The van der Waals surface area contributed by atoms with Crippen LogP contribution in [0.4, 0.5) is 0 Å². The summed E-state index contributed by atoms with van der Waals surface area (Å²) >= 11 is 0.910. The highest BCUT2D eigenvalue weighted by Crippen LogP contribution is 2.28. The Morgan fingerprint density at radius 1 is 1.20 bits per heavy atom. The molecule has 0 radical (unpaired) electrons. The summed E-state index contributed by atoms with van der Waals surface area (Å²) in [5.41, 5.74) is -0.659. The van der Waals surface area contributed by atoms with E-state index in [0.717, 1.165) is 11.8 Å². The SMILES string of the molecule is COC(=O)C(C(=O)N1CCC[C@H]1C(=O)OC(C)(C)C)C(C)SC(C)=O. The van der Waals surface area contributed by atoms with Crippen molar-refractivity contribution in [1.29, 1.82) is 0 Å². The lowest BCUT2D eigenvalue weighted by molar-refractivity contribution is -0.166. The van der Waals surface area contributed by atoms with E-state index in [4.69, 9.17) is 9.47 Å². The van der Waals surface area contributed by atoms with Gasteiger partial charge in [0, 0.05) is 18.7 Å². The van der Waals surface area contributed by atoms with E-state index in [1.807, 2.05) is 0 Å². The van der Waals surface area contributed by atoms with Crippen LogP contribution in [0.15, 0.2) is 0 Å². The third-order valence-corrected chi connectivity index (χ3v) is 4.73. The second-order valence-electron chi connectivity index (χ2n) is 7.04. The minimum atomic E-state index is -1.14. The number of carbonyl (C=O) groups excluding carboxylic acids is 4. The van der Waals surface area contributed by atoms with Crippen molar-refractivity contribution >= 4 is 34.7 Å². The van der Waals surface area contributed by atoms with Crippen molar-refractivity contribution in [2.75, 3.05) is 13.7 Å². The molecule has 0 aromatic heterocycles. The second kappa shape index (κ2) is 8.69. The van der Waals surface area contributed by atoms with Crippen LogP contribution in [0.3, 0.4) is 0 Å². The number of amides is 1. The lowest BCUT2D eigenvalue weighted by Gasteiger charge is -2.30. The van der Waals surface area contributed by atoms with Crippen LogP contribution in [0, 0.1) is 5.92 Å². The highest BCUT2D eigenvalue weighted by atomic mass is 32.2. The number of thioether (sulfide) groups is 1. The molecule has 0 bridgehead atoms. The van der Waals surface area contributed by atoms with Crippen molar-refractivity contribution in [2.45, 2.75) is 64.4 Å². The molecule has 142 valence electrons. The number of rotatable bonds is 5. The summed E-state index contributed by atoms with van der Waals surface area (Å²) in [4.78, 5) is 50.2. The van der Waals surface area contributed by atoms with Gasteiger partial charge in [0.25, 0.3) is 0 Å². The summed E-state index contributed by atoms with van der Waals surface area (Å²) in [7, 11) is 1.20. The molecular weight excluding hydrogens is 346 g/mol. The van der Waals surface area contributed by atoms with Crippen molar-refractivity contribution in [2.24, 2.45) is 5.92 Å². The Morgan fingerprint density at radius 3 is 2.28 bits per heavy atom. The maximum absolute atomic E-state index is 12.9. The van der Waals surface area contributed by atoms with Crippen LogP contribution >= 0.6 is 11.8 Å². The van der Waals surface area contributed by atoms with Crippen molar-refractivity contribution in [3.8, 4) is 0 Å². The third-order valence-electron chi connectivity index (χ3n) is 3.76. The third kappa shape index (κ3) is 6.02. The average Bonchev–Trinajstić information content (AvgIpc) is 2.93. The van der Waals surface area contributed by atoms with E-state index < -0.39 is 40.7 Å². The molecule has 3 atom stereocenters. The molecule has 1 heterocycles. The zero-order valence-electron chi connectivity index (χ0n) is 15.7. The maximum atomic E-state index is 12.9. The van der Waals surface area contributed by atoms with E-state index in [2.05, 4.69) is 0 Å². The van der Waals surface area contributed by atoms with Crippen molar-refractivity contribution < 1.29 is 28.7 Å². The second-order valence-corrected chi connectivity index (χ2v) is 8.59. The standard InChI is InChI=1S/C17H27NO6S/c1-10(25-11(2)19)13(16(22)23-6)14(20)18-9-7-8-12(18)15(21)24-17(3,4)5/h10,12-13H,7-9H2,1-6H3/t10?,12-,13?/m0/s1. The van der Waals surface area contributed by atoms with Gasteiger partial charge in [0.1, 0.15) is 17.6 Å². The topological polar surface area (TPSA) is 90.0 Å². The Labute approximate surface area is 152 Å². The molecule has 1 aliphatic rings. The predicted octanol–water partition coefficient (Wildman–Crippen LogP) is 1.78. The molecule has 0 saturated carbocycles. The molecule has 0 spiro atoms. The van der Waals surface area contributed by atoms with E-state index >= 15 is 0 Å². The Bertz CT molecular complexity index is 542. The minimum Gasteiger partial charge on any atom is -0.468 e. The number of ether oxygens (including phenoxy) is 2. The number of esters is 2. The van der Waals surface area contributed by atoms with Crippen molar-refractivity contribution in [3.63, 3.8) is 0 Å². The Kier molecular flexibility index (Phi) is 7.46. The van der Waals surface area contributed by atoms with Gasteiger partial charge < -0.3 is 14.4 Å². The van der Waals surface area contributed by atoms with E-state index in [9.17, 15) is 19.2 Å². The van der Waals surface area contributed by atoms with Crippen LogP contribution in [0.2, 0.25) is 0 Å². The first kappa shape index (κ1) is 21.5. The average molecular weight is 373 g/mol. The molecule has 0 aromatic carbocycles. The molecule has 1 saturated heterocycles. The van der Waals surface area contributed by atoms with Crippen LogP contribution < -0.4 is 0 Å². The van der Waals surface area contributed by atoms with Crippen LogP contribution in [-0.4, -0.2) is 58.4 Å². The smallest absolute Gasteiger partial charge is 0.329 e. The summed E-state index contributed by atoms with van der Waals surface area (Å²) in [5.74, 6) is -2.82. The number of methoxy groups -OCH3 is 1. The highest BCUT2D eigenvalue weighted by molar-refractivity contribution is 8.14. The van der Waals surface area contributed by atoms with E-state index in [1.165, 1.54) is 18.9 Å². The maximum Gasteiger partial charge on any atom is 0.329 e. The summed E-state index contributed by atoms with van der Waals surface area (Å²) in [6, 6.07) is -0.714. The summed E-state index contributed by atoms with van der Waals surface area (Å²) in [6.45, 7) is 8.65. The van der Waals surface area contributed by atoms with Gasteiger partial charge in [0.2, 0.25) is 5.91 Å². The predicted molar refractivity (Wildman–Crippen MR) is 93.8 cm³/mol. The fraction of sp³-hybridized carbons (Fsp3) is 0.765. The van der Waals surface area contributed by atoms with Gasteiger partial charge in [-0.3, -0.25) is 14.4 Å². The van der Waals surface area contributed by atoms with E-state index in [1.54, 1.807) is 27.7 Å². The number of hydrogen-bond acceptors (Lipinski definition) is 7. The van der Waals surface area contributed by atoms with E-state index in [0.29, 0.717) is 19.4 Å². The first-order valence-electron chi connectivity index (χ1n) is 8.26. The normalized spacial score (nSPS) is 19.9. The molecule has 1 amide bonds. The molecular formula is C17H27NO6S. The molecule has 1 aliphatic heterocycles. The quantitative estimate of drug-likeness (QED) is 0.536. The zero-order valence-corrected chi connectivity index (χ0v) is 16.5. The first-order valence-corrected chi connectivity index (χ1v) is 9.14. The van der Waals surface area contributed by atoms with Gasteiger partial charge >= 0.3 is 11.9 Å². The lowest BCUT2D eigenvalue weighted by Crippen LogP contribution is -2.49. The summed E-state index contributed by atoms with van der Waals surface area (Å²) in [5, 5.41) is -0.781. The molecule has 8 heteroatoms. The van der Waals surface area contributed by atoms with Crippen molar-refractivity contribution in [1.82, 2.24) is 4.90 Å². The van der Waals surface area contributed by atoms with Gasteiger partial charge in [-0.25, -0.2) is 4.79 Å². The van der Waals surface area contributed by atoms with Crippen LogP contribution in [0.5, 0.6) is 0 Å². The molecule has 1 rings (SSSR count). The van der Waals surface area contributed by atoms with Crippen LogP contribution in [0.1, 0.15) is 47.5 Å². The number of nitrogens with zero attached hydrogens (tertiary/aromatic N) is 1. The molecule has 0 aromatic rings. The largest absolute Gasteiger partial charge is 0.468 e.